The van der Waals surface area contributed by atoms with Crippen LogP contribution in [0.25, 0.3) is 0 Å². The standard InChI is InChI=1S/C13H15NO2/c1-9-5-3-6-11(10(9)2)14-12(15)7-4-8-13(14)16/h3,5-6H,4,7-8H2,1-2H3. The van der Waals surface area contributed by atoms with E-state index in [-0.39, 0.29) is 11.8 Å². The monoisotopic (exact) mass is 217 g/mol. The van der Waals surface area contributed by atoms with Crippen LogP contribution in [0.5, 0.6) is 0 Å². The molecular formula is C13H15NO2. The molecule has 1 aliphatic rings. The Morgan fingerprint density at radius 1 is 1.06 bits per heavy atom. The predicted octanol–water partition coefficient (Wildman–Crippen LogP) is 2.35. The van der Waals surface area contributed by atoms with E-state index in [1.165, 1.54) is 4.90 Å². The highest BCUT2D eigenvalue weighted by Gasteiger charge is 2.28. The molecule has 0 aliphatic carbocycles. The van der Waals surface area contributed by atoms with Crippen LogP contribution in [0.1, 0.15) is 30.4 Å². The molecule has 84 valence electrons. The number of benzene rings is 1. The molecule has 3 nitrogen and oxygen atoms in total. The van der Waals surface area contributed by atoms with E-state index < -0.39 is 0 Å². The van der Waals surface area contributed by atoms with Gasteiger partial charge in [-0.05, 0) is 37.5 Å². The third-order valence-corrected chi connectivity index (χ3v) is 3.10. The molecule has 1 aliphatic heterocycles. The topological polar surface area (TPSA) is 37.4 Å². The summed E-state index contributed by atoms with van der Waals surface area (Å²) in [6.07, 6.45) is 1.62. The fraction of sp³-hybridized carbons (Fsp3) is 0.385. The van der Waals surface area contributed by atoms with Gasteiger partial charge in [0, 0.05) is 12.8 Å². The van der Waals surface area contributed by atoms with Crippen molar-refractivity contribution in [3.63, 3.8) is 0 Å². The maximum Gasteiger partial charge on any atom is 0.233 e. The zero-order valence-electron chi connectivity index (χ0n) is 9.62. The number of nitrogens with zero attached hydrogens (tertiary/aromatic N) is 1. The minimum Gasteiger partial charge on any atom is -0.274 e. The fourth-order valence-electron chi connectivity index (χ4n) is 2.00. The molecule has 0 spiro atoms. The lowest BCUT2D eigenvalue weighted by Crippen LogP contribution is -2.40. The molecule has 16 heavy (non-hydrogen) atoms. The van der Waals surface area contributed by atoms with Crippen molar-refractivity contribution in [1.29, 1.82) is 0 Å². The molecule has 0 radical (unpaired) electrons. The second kappa shape index (κ2) is 4.08. The van der Waals surface area contributed by atoms with Gasteiger partial charge in [-0.3, -0.25) is 14.5 Å². The van der Waals surface area contributed by atoms with Crippen LogP contribution in [-0.2, 0) is 9.59 Å². The lowest BCUT2D eigenvalue weighted by molar-refractivity contribution is -0.129. The van der Waals surface area contributed by atoms with Gasteiger partial charge in [-0.25, -0.2) is 0 Å². The largest absolute Gasteiger partial charge is 0.274 e. The van der Waals surface area contributed by atoms with Gasteiger partial charge in [-0.1, -0.05) is 12.1 Å². The molecule has 1 aromatic rings. The van der Waals surface area contributed by atoms with Gasteiger partial charge in [0.1, 0.15) is 0 Å². The first-order valence-electron chi connectivity index (χ1n) is 5.53. The number of aryl methyl sites for hydroxylation is 1. The van der Waals surface area contributed by atoms with Crippen molar-refractivity contribution in [2.24, 2.45) is 0 Å². The number of hydrogen-bond acceptors (Lipinski definition) is 2. The molecule has 2 rings (SSSR count). The molecule has 0 bridgehead atoms. The zero-order valence-corrected chi connectivity index (χ0v) is 9.62. The zero-order chi connectivity index (χ0) is 11.7. The fourth-order valence-corrected chi connectivity index (χ4v) is 2.00. The molecule has 0 atom stereocenters. The van der Waals surface area contributed by atoms with Gasteiger partial charge in [-0.15, -0.1) is 0 Å². The van der Waals surface area contributed by atoms with E-state index in [1.807, 2.05) is 32.0 Å². The van der Waals surface area contributed by atoms with Gasteiger partial charge in [0.25, 0.3) is 0 Å². The molecule has 0 saturated carbocycles. The summed E-state index contributed by atoms with van der Waals surface area (Å²) in [7, 11) is 0. The van der Waals surface area contributed by atoms with Crippen molar-refractivity contribution in [3.05, 3.63) is 29.3 Å². The van der Waals surface area contributed by atoms with E-state index in [1.54, 1.807) is 0 Å². The Hall–Kier alpha value is -1.64. The molecular weight excluding hydrogens is 202 g/mol. The molecule has 0 aromatic heterocycles. The van der Waals surface area contributed by atoms with E-state index in [2.05, 4.69) is 0 Å². The Bertz CT molecular complexity index is 435. The van der Waals surface area contributed by atoms with E-state index in [9.17, 15) is 9.59 Å². The number of carbonyl (C=O) groups excluding carboxylic acids is 2. The van der Waals surface area contributed by atoms with Crippen molar-refractivity contribution >= 4 is 17.5 Å². The summed E-state index contributed by atoms with van der Waals surface area (Å²) < 4.78 is 0. The molecule has 1 saturated heterocycles. The van der Waals surface area contributed by atoms with Crippen LogP contribution in [0.2, 0.25) is 0 Å². The van der Waals surface area contributed by atoms with Crippen molar-refractivity contribution in [1.82, 2.24) is 0 Å². The average molecular weight is 217 g/mol. The Labute approximate surface area is 95.1 Å². The van der Waals surface area contributed by atoms with Gasteiger partial charge >= 0.3 is 0 Å². The first-order chi connectivity index (χ1) is 7.61. The lowest BCUT2D eigenvalue weighted by Gasteiger charge is -2.26. The van der Waals surface area contributed by atoms with Crippen LogP contribution in [0.15, 0.2) is 18.2 Å². The van der Waals surface area contributed by atoms with E-state index in [0.29, 0.717) is 19.3 Å². The molecule has 1 fully saturated rings. The summed E-state index contributed by atoms with van der Waals surface area (Å²) >= 11 is 0. The first kappa shape index (κ1) is 10.9. The van der Waals surface area contributed by atoms with Crippen LogP contribution < -0.4 is 4.90 Å². The van der Waals surface area contributed by atoms with Crippen LogP contribution in [0.3, 0.4) is 0 Å². The number of rotatable bonds is 1. The van der Waals surface area contributed by atoms with Crippen molar-refractivity contribution in [2.45, 2.75) is 33.1 Å². The maximum absolute atomic E-state index is 11.8. The van der Waals surface area contributed by atoms with Crippen molar-refractivity contribution in [3.8, 4) is 0 Å². The molecule has 1 aromatic carbocycles. The molecule has 0 unspecified atom stereocenters. The van der Waals surface area contributed by atoms with Crippen LogP contribution >= 0.6 is 0 Å². The van der Waals surface area contributed by atoms with Crippen molar-refractivity contribution < 1.29 is 9.59 Å². The second-order valence-electron chi connectivity index (χ2n) is 4.20. The summed E-state index contributed by atoms with van der Waals surface area (Å²) in [5.74, 6) is -0.157. The lowest BCUT2D eigenvalue weighted by atomic mass is 10.0. The number of piperidine rings is 1. The van der Waals surface area contributed by atoms with Crippen molar-refractivity contribution in [2.75, 3.05) is 4.90 Å². The molecule has 1 heterocycles. The highest BCUT2D eigenvalue weighted by Crippen LogP contribution is 2.26. The number of anilines is 1. The predicted molar refractivity (Wildman–Crippen MR) is 62.3 cm³/mol. The number of carbonyl (C=O) groups is 2. The van der Waals surface area contributed by atoms with Gasteiger partial charge in [0.2, 0.25) is 11.8 Å². The summed E-state index contributed by atoms with van der Waals surface area (Å²) in [5.41, 5.74) is 2.85. The Morgan fingerprint density at radius 2 is 1.69 bits per heavy atom. The summed E-state index contributed by atoms with van der Waals surface area (Å²) in [6.45, 7) is 3.93. The van der Waals surface area contributed by atoms with Crippen LogP contribution in [0.4, 0.5) is 5.69 Å². The third kappa shape index (κ3) is 1.73. The minimum atomic E-state index is -0.0787. The third-order valence-electron chi connectivity index (χ3n) is 3.10. The number of imide groups is 1. The van der Waals surface area contributed by atoms with E-state index >= 15 is 0 Å². The smallest absolute Gasteiger partial charge is 0.233 e. The Balaban J connectivity index is 2.46. The van der Waals surface area contributed by atoms with E-state index in [0.717, 1.165) is 16.8 Å². The summed E-state index contributed by atoms with van der Waals surface area (Å²) in [6, 6.07) is 5.70. The Morgan fingerprint density at radius 3 is 2.31 bits per heavy atom. The number of amides is 2. The second-order valence-corrected chi connectivity index (χ2v) is 4.20. The van der Waals surface area contributed by atoms with Gasteiger partial charge in [0.05, 0.1) is 5.69 Å². The molecule has 0 N–H and O–H groups in total. The minimum absolute atomic E-state index is 0.0787. The van der Waals surface area contributed by atoms with Crippen LogP contribution in [-0.4, -0.2) is 11.8 Å². The normalized spacial score (nSPS) is 16.8. The highest BCUT2D eigenvalue weighted by atomic mass is 16.2. The molecule has 3 heteroatoms. The van der Waals surface area contributed by atoms with Gasteiger partial charge in [0.15, 0.2) is 0 Å². The summed E-state index contributed by atoms with van der Waals surface area (Å²) in [4.78, 5) is 24.9. The maximum atomic E-state index is 11.8. The number of hydrogen-bond donors (Lipinski definition) is 0. The van der Waals surface area contributed by atoms with Gasteiger partial charge < -0.3 is 0 Å². The molecule has 2 amide bonds. The van der Waals surface area contributed by atoms with Gasteiger partial charge in [-0.2, -0.15) is 0 Å². The quantitative estimate of drug-likeness (QED) is 0.677. The highest BCUT2D eigenvalue weighted by molar-refractivity contribution is 6.16. The average Bonchev–Trinajstić information content (AvgIpc) is 2.24. The SMILES string of the molecule is Cc1cccc(N2C(=O)CCCC2=O)c1C. The first-order valence-corrected chi connectivity index (χ1v) is 5.53. The van der Waals surface area contributed by atoms with Crippen LogP contribution in [0, 0.1) is 13.8 Å². The Kier molecular flexibility index (Phi) is 2.77. The summed E-state index contributed by atoms with van der Waals surface area (Å²) in [5, 5.41) is 0. The van der Waals surface area contributed by atoms with E-state index in [4.69, 9.17) is 0 Å².